The van der Waals surface area contributed by atoms with Gasteiger partial charge in [0.25, 0.3) is 5.91 Å². The van der Waals surface area contributed by atoms with E-state index in [0.29, 0.717) is 31.9 Å². The molecule has 7 heteroatoms. The van der Waals surface area contributed by atoms with Gasteiger partial charge in [-0.15, -0.1) is 0 Å². The third kappa shape index (κ3) is 3.86. The van der Waals surface area contributed by atoms with E-state index in [1.165, 1.54) is 0 Å². The molecule has 5 rings (SSSR count). The molecule has 0 spiro atoms. The predicted molar refractivity (Wildman–Crippen MR) is 116 cm³/mol. The van der Waals surface area contributed by atoms with Gasteiger partial charge in [0.15, 0.2) is 0 Å². The first-order valence-corrected chi connectivity index (χ1v) is 10.5. The Kier molecular flexibility index (Phi) is 5.29. The number of nitrogens with zero attached hydrogens (tertiary/aromatic N) is 2. The summed E-state index contributed by atoms with van der Waals surface area (Å²) in [4.78, 5) is 15.1. The highest BCUT2D eigenvalue weighted by Gasteiger charge is 2.40. The first-order chi connectivity index (χ1) is 15.1. The second kappa shape index (κ2) is 8.24. The maximum Gasteiger partial charge on any atom is 0.256 e. The topological polar surface area (TPSA) is 62.2 Å². The normalized spacial score (nSPS) is 21.7. The van der Waals surface area contributed by atoms with E-state index < -0.39 is 0 Å². The predicted octanol–water partition coefficient (Wildman–Crippen LogP) is 2.87. The Hall–Kier alpha value is -3.03. The van der Waals surface area contributed by atoms with E-state index in [0.717, 1.165) is 22.4 Å². The molecule has 7 nitrogen and oxygen atoms in total. The van der Waals surface area contributed by atoms with Crippen molar-refractivity contribution in [3.8, 4) is 11.5 Å². The standard InChI is InChI=1S/C24H26N2O5/c1-25-11-20(19-8-3-4-9-21(19)25)24(27)26-12-22-23(13-26)30-15-18(14-29-22)31-17-7-5-6-16(10-17)28-2/h3-11,18,22-23H,12-15H2,1-2H3/t22-,23-/m0/s1. The van der Waals surface area contributed by atoms with Gasteiger partial charge in [-0.25, -0.2) is 0 Å². The van der Waals surface area contributed by atoms with Gasteiger partial charge in [-0.1, -0.05) is 24.3 Å². The number of benzene rings is 2. The number of amides is 1. The summed E-state index contributed by atoms with van der Waals surface area (Å²) in [5.41, 5.74) is 1.76. The smallest absolute Gasteiger partial charge is 0.256 e. The van der Waals surface area contributed by atoms with Crippen molar-refractivity contribution in [3.05, 3.63) is 60.3 Å². The lowest BCUT2D eigenvalue weighted by molar-refractivity contribution is -0.00461. The van der Waals surface area contributed by atoms with E-state index in [2.05, 4.69) is 0 Å². The van der Waals surface area contributed by atoms with Crippen LogP contribution in [-0.4, -0.2) is 67.1 Å². The van der Waals surface area contributed by atoms with Gasteiger partial charge in [0.1, 0.15) is 29.8 Å². The summed E-state index contributed by atoms with van der Waals surface area (Å²) >= 11 is 0. The van der Waals surface area contributed by atoms with E-state index in [1.807, 2.05) is 71.2 Å². The first kappa shape index (κ1) is 19.9. The molecule has 3 heterocycles. The van der Waals surface area contributed by atoms with Crippen molar-refractivity contribution in [1.29, 1.82) is 0 Å². The lowest BCUT2D eigenvalue weighted by Crippen LogP contribution is -2.32. The van der Waals surface area contributed by atoms with Crippen LogP contribution < -0.4 is 9.47 Å². The van der Waals surface area contributed by atoms with Crippen LogP contribution in [0.2, 0.25) is 0 Å². The van der Waals surface area contributed by atoms with Crippen LogP contribution in [0, 0.1) is 0 Å². The molecule has 3 aromatic rings. The summed E-state index contributed by atoms with van der Waals surface area (Å²) in [6, 6.07) is 15.4. The van der Waals surface area contributed by atoms with Crippen molar-refractivity contribution >= 4 is 16.8 Å². The molecule has 2 aliphatic heterocycles. The van der Waals surface area contributed by atoms with Crippen molar-refractivity contribution in [1.82, 2.24) is 9.47 Å². The third-order valence-corrected chi connectivity index (χ3v) is 5.97. The van der Waals surface area contributed by atoms with E-state index in [-0.39, 0.29) is 24.2 Å². The van der Waals surface area contributed by atoms with Crippen LogP contribution >= 0.6 is 0 Å². The second-order valence-electron chi connectivity index (χ2n) is 8.04. The number of fused-ring (bicyclic) bond motifs is 2. The van der Waals surface area contributed by atoms with Gasteiger partial charge in [0, 0.05) is 43.3 Å². The molecule has 0 unspecified atom stereocenters. The summed E-state index contributed by atoms with van der Waals surface area (Å²) < 4.78 is 25.5. The summed E-state index contributed by atoms with van der Waals surface area (Å²) in [7, 11) is 3.59. The molecule has 2 atom stereocenters. The molecule has 1 amide bonds. The summed E-state index contributed by atoms with van der Waals surface area (Å²) in [5, 5.41) is 0.968. The molecule has 31 heavy (non-hydrogen) atoms. The number of carbonyl (C=O) groups is 1. The van der Waals surface area contributed by atoms with E-state index in [9.17, 15) is 4.79 Å². The Morgan fingerprint density at radius 2 is 1.71 bits per heavy atom. The minimum absolute atomic E-state index is 0.0151. The highest BCUT2D eigenvalue weighted by Crippen LogP contribution is 2.27. The Morgan fingerprint density at radius 1 is 1.00 bits per heavy atom. The summed E-state index contributed by atoms with van der Waals surface area (Å²) in [5.74, 6) is 1.48. The molecular weight excluding hydrogens is 396 g/mol. The minimum atomic E-state index is -0.208. The molecule has 2 saturated heterocycles. The van der Waals surface area contributed by atoms with E-state index in [4.69, 9.17) is 18.9 Å². The van der Waals surface area contributed by atoms with Crippen LogP contribution in [-0.2, 0) is 16.5 Å². The number of aromatic nitrogens is 1. The van der Waals surface area contributed by atoms with Gasteiger partial charge in [0.2, 0.25) is 0 Å². The summed E-state index contributed by atoms with van der Waals surface area (Å²) in [6.07, 6.45) is 1.39. The van der Waals surface area contributed by atoms with E-state index in [1.54, 1.807) is 7.11 Å². The highest BCUT2D eigenvalue weighted by atomic mass is 16.6. The van der Waals surface area contributed by atoms with Gasteiger partial charge < -0.3 is 28.4 Å². The van der Waals surface area contributed by atoms with Crippen molar-refractivity contribution in [3.63, 3.8) is 0 Å². The molecular formula is C24H26N2O5. The first-order valence-electron chi connectivity index (χ1n) is 10.5. The third-order valence-electron chi connectivity index (χ3n) is 5.97. The number of ether oxygens (including phenoxy) is 4. The van der Waals surface area contributed by atoms with Crippen molar-refractivity contribution in [2.45, 2.75) is 18.3 Å². The van der Waals surface area contributed by atoms with Crippen LogP contribution in [0.5, 0.6) is 11.5 Å². The number of methoxy groups -OCH3 is 1. The Balaban J connectivity index is 1.24. The largest absolute Gasteiger partial charge is 0.497 e. The van der Waals surface area contributed by atoms with Crippen LogP contribution in [0.25, 0.3) is 10.9 Å². The van der Waals surface area contributed by atoms with Crippen molar-refractivity contribution in [2.75, 3.05) is 33.4 Å². The Labute approximate surface area is 181 Å². The zero-order chi connectivity index (χ0) is 21.4. The van der Waals surface area contributed by atoms with Crippen molar-refractivity contribution in [2.24, 2.45) is 7.05 Å². The monoisotopic (exact) mass is 422 g/mol. The molecule has 0 aliphatic carbocycles. The molecule has 2 aliphatic rings. The van der Waals surface area contributed by atoms with Gasteiger partial charge in [-0.2, -0.15) is 0 Å². The molecule has 0 N–H and O–H groups in total. The zero-order valence-corrected chi connectivity index (χ0v) is 17.7. The SMILES string of the molecule is COc1cccc(OC2CO[C@H]3CN(C(=O)c4cn(C)c5ccccc45)C[C@@H]3OC2)c1. The number of hydrogen-bond acceptors (Lipinski definition) is 5. The number of hydrogen-bond donors (Lipinski definition) is 0. The minimum Gasteiger partial charge on any atom is -0.497 e. The Bertz CT molecular complexity index is 1080. The average molecular weight is 422 g/mol. The van der Waals surface area contributed by atoms with Gasteiger partial charge in [-0.05, 0) is 18.2 Å². The number of likely N-dealkylation sites (tertiary alicyclic amines) is 1. The number of para-hydroxylation sites is 1. The molecule has 0 saturated carbocycles. The number of aryl methyl sites for hydroxylation is 1. The molecule has 2 aromatic carbocycles. The quantitative estimate of drug-likeness (QED) is 0.647. The van der Waals surface area contributed by atoms with Crippen LogP contribution in [0.4, 0.5) is 0 Å². The number of carbonyl (C=O) groups excluding carboxylic acids is 1. The fraction of sp³-hybridized carbons (Fsp3) is 0.375. The van der Waals surface area contributed by atoms with Gasteiger partial charge in [0.05, 0.1) is 25.9 Å². The Morgan fingerprint density at radius 3 is 2.45 bits per heavy atom. The van der Waals surface area contributed by atoms with Gasteiger partial charge >= 0.3 is 0 Å². The van der Waals surface area contributed by atoms with Gasteiger partial charge in [-0.3, -0.25) is 4.79 Å². The lowest BCUT2D eigenvalue weighted by Gasteiger charge is -2.19. The van der Waals surface area contributed by atoms with Crippen LogP contribution in [0.1, 0.15) is 10.4 Å². The average Bonchev–Trinajstić information content (AvgIpc) is 3.31. The highest BCUT2D eigenvalue weighted by molar-refractivity contribution is 6.07. The maximum atomic E-state index is 13.2. The van der Waals surface area contributed by atoms with Crippen LogP contribution in [0.15, 0.2) is 54.7 Å². The molecule has 0 bridgehead atoms. The number of rotatable bonds is 4. The zero-order valence-electron chi connectivity index (χ0n) is 17.7. The van der Waals surface area contributed by atoms with Crippen molar-refractivity contribution < 1.29 is 23.7 Å². The molecule has 1 aromatic heterocycles. The van der Waals surface area contributed by atoms with Crippen LogP contribution in [0.3, 0.4) is 0 Å². The molecule has 0 radical (unpaired) electrons. The molecule has 2 fully saturated rings. The lowest BCUT2D eigenvalue weighted by atomic mass is 10.1. The second-order valence-corrected chi connectivity index (χ2v) is 8.04. The maximum absolute atomic E-state index is 13.2. The van der Waals surface area contributed by atoms with E-state index >= 15 is 0 Å². The summed E-state index contributed by atoms with van der Waals surface area (Å²) in [6.45, 7) is 1.85. The fourth-order valence-electron chi connectivity index (χ4n) is 4.36. The fourth-order valence-corrected chi connectivity index (χ4v) is 4.36. The molecule has 162 valence electrons.